The van der Waals surface area contributed by atoms with Crippen LogP contribution >= 0.6 is 11.6 Å². The van der Waals surface area contributed by atoms with Gasteiger partial charge in [0.1, 0.15) is 23.4 Å². The van der Waals surface area contributed by atoms with Crippen LogP contribution in [0.4, 0.5) is 24.7 Å². The summed E-state index contributed by atoms with van der Waals surface area (Å²) in [6.45, 7) is 1.67. The third-order valence-electron chi connectivity index (χ3n) is 6.08. The van der Waals surface area contributed by atoms with Crippen LogP contribution in [0.15, 0.2) is 36.8 Å². The molecular formula is C22H20ClF3N8. The van der Waals surface area contributed by atoms with Gasteiger partial charge in [0.05, 0.1) is 22.8 Å². The minimum absolute atomic E-state index is 0.329. The highest BCUT2D eigenvalue weighted by molar-refractivity contribution is 6.35. The number of hydrogen-bond acceptors (Lipinski definition) is 7. The monoisotopic (exact) mass is 488 g/mol. The van der Waals surface area contributed by atoms with Crippen molar-refractivity contribution in [3.8, 4) is 0 Å². The van der Waals surface area contributed by atoms with Crippen LogP contribution in [0.25, 0.3) is 10.9 Å². The molecule has 0 aliphatic heterocycles. The Kier molecular flexibility index (Phi) is 5.51. The summed E-state index contributed by atoms with van der Waals surface area (Å²) >= 11 is 6.49. The Balaban J connectivity index is 1.60. The number of hydrogen-bond donors (Lipinski definition) is 2. The van der Waals surface area contributed by atoms with E-state index in [0.717, 1.165) is 0 Å². The first-order valence-electron chi connectivity index (χ1n) is 10.5. The molecule has 1 aliphatic carbocycles. The van der Waals surface area contributed by atoms with Gasteiger partial charge in [0.2, 0.25) is 5.95 Å². The lowest BCUT2D eigenvalue weighted by Gasteiger charge is -2.21. The van der Waals surface area contributed by atoms with Crippen molar-refractivity contribution in [2.75, 3.05) is 17.7 Å². The quantitative estimate of drug-likeness (QED) is 0.364. The van der Waals surface area contributed by atoms with E-state index < -0.39 is 24.0 Å². The van der Waals surface area contributed by atoms with Crippen LogP contribution < -0.4 is 10.6 Å². The second-order valence-electron chi connectivity index (χ2n) is 8.20. The van der Waals surface area contributed by atoms with Crippen molar-refractivity contribution in [2.24, 2.45) is 0 Å². The van der Waals surface area contributed by atoms with E-state index in [1.165, 1.54) is 23.3 Å². The molecule has 176 valence electrons. The van der Waals surface area contributed by atoms with Crippen molar-refractivity contribution in [3.63, 3.8) is 0 Å². The highest BCUT2D eigenvalue weighted by Gasteiger charge is 2.54. The Hall–Kier alpha value is -3.47. The Morgan fingerprint density at radius 3 is 2.65 bits per heavy atom. The van der Waals surface area contributed by atoms with Gasteiger partial charge in [0.15, 0.2) is 0 Å². The van der Waals surface area contributed by atoms with Crippen molar-refractivity contribution >= 4 is 34.0 Å². The van der Waals surface area contributed by atoms with E-state index in [0.29, 0.717) is 57.2 Å². The van der Waals surface area contributed by atoms with Crippen molar-refractivity contribution in [2.45, 2.75) is 37.8 Å². The van der Waals surface area contributed by atoms with Crippen molar-refractivity contribution < 1.29 is 13.2 Å². The van der Waals surface area contributed by atoms with Gasteiger partial charge >= 0.3 is 0 Å². The first kappa shape index (κ1) is 22.3. The molecule has 4 aromatic rings. The fourth-order valence-electron chi connectivity index (χ4n) is 4.03. The van der Waals surface area contributed by atoms with E-state index in [1.807, 2.05) is 6.07 Å². The highest BCUT2D eigenvalue weighted by atomic mass is 35.5. The van der Waals surface area contributed by atoms with Crippen molar-refractivity contribution in [1.29, 1.82) is 0 Å². The number of alkyl halides is 2. The highest BCUT2D eigenvalue weighted by Crippen LogP contribution is 2.48. The summed E-state index contributed by atoms with van der Waals surface area (Å²) in [5, 5.41) is 15.6. The van der Waals surface area contributed by atoms with E-state index in [9.17, 15) is 13.2 Å². The number of anilines is 2. The number of aromatic nitrogens is 6. The van der Waals surface area contributed by atoms with Gasteiger partial charge in [-0.1, -0.05) is 22.9 Å². The number of nitrogens with zero attached hydrogens (tertiary/aromatic N) is 6. The van der Waals surface area contributed by atoms with Gasteiger partial charge in [-0.25, -0.2) is 28.4 Å². The van der Waals surface area contributed by atoms with E-state index in [-0.39, 0.29) is 0 Å². The van der Waals surface area contributed by atoms with Gasteiger partial charge in [-0.15, -0.1) is 5.10 Å². The molecule has 0 saturated heterocycles. The normalized spacial score (nSPS) is 15.5. The van der Waals surface area contributed by atoms with Crippen molar-refractivity contribution in [1.82, 2.24) is 29.9 Å². The first-order chi connectivity index (χ1) is 16.3. The minimum Gasteiger partial charge on any atom is -0.373 e. The molecule has 8 nitrogen and oxygen atoms in total. The maximum absolute atomic E-state index is 13.7. The molecular weight excluding hydrogens is 469 g/mol. The summed E-state index contributed by atoms with van der Waals surface area (Å²) in [7, 11) is 1.74. The van der Waals surface area contributed by atoms with Crippen molar-refractivity contribution in [3.05, 3.63) is 64.7 Å². The van der Waals surface area contributed by atoms with Crippen LogP contribution in [0.3, 0.4) is 0 Å². The van der Waals surface area contributed by atoms with E-state index in [2.05, 4.69) is 35.9 Å². The topological polar surface area (TPSA) is 93.4 Å². The molecule has 1 aromatic carbocycles. The Labute approximate surface area is 197 Å². The molecule has 1 atom stereocenters. The van der Waals surface area contributed by atoms with E-state index in [1.54, 1.807) is 26.1 Å². The summed E-state index contributed by atoms with van der Waals surface area (Å²) in [4.78, 5) is 12.4. The third kappa shape index (κ3) is 3.79. The summed E-state index contributed by atoms with van der Waals surface area (Å²) in [6.07, 6.45) is 1.02. The molecule has 12 heteroatoms. The molecule has 0 spiro atoms. The number of fused-ring (bicyclic) bond motifs is 1. The Morgan fingerprint density at radius 1 is 1.18 bits per heavy atom. The van der Waals surface area contributed by atoms with Gasteiger partial charge < -0.3 is 10.6 Å². The molecule has 0 unspecified atom stereocenters. The fourth-order valence-corrected chi connectivity index (χ4v) is 4.30. The van der Waals surface area contributed by atoms with Gasteiger partial charge in [-0.2, -0.15) is 4.39 Å². The second-order valence-corrected chi connectivity index (χ2v) is 8.61. The zero-order valence-corrected chi connectivity index (χ0v) is 19.0. The summed E-state index contributed by atoms with van der Waals surface area (Å²) < 4.78 is 42.2. The summed E-state index contributed by atoms with van der Waals surface area (Å²) in [6, 6.07) is 5.67. The lowest BCUT2D eigenvalue weighted by molar-refractivity contribution is 0.0593. The molecule has 0 bridgehead atoms. The predicted octanol–water partition coefficient (Wildman–Crippen LogP) is 4.71. The maximum Gasteiger partial charge on any atom is 0.263 e. The van der Waals surface area contributed by atoms with E-state index in [4.69, 9.17) is 11.6 Å². The minimum atomic E-state index is -2.55. The van der Waals surface area contributed by atoms with Crippen LogP contribution in [-0.2, 0) is 5.54 Å². The predicted molar refractivity (Wildman–Crippen MR) is 122 cm³/mol. The van der Waals surface area contributed by atoms with Crippen LogP contribution in [-0.4, -0.2) is 43.4 Å². The molecule has 2 N–H and O–H groups in total. The van der Waals surface area contributed by atoms with Crippen LogP contribution in [0, 0.1) is 12.9 Å². The van der Waals surface area contributed by atoms with Crippen LogP contribution in [0.1, 0.15) is 35.8 Å². The first-order valence-corrected chi connectivity index (χ1v) is 10.9. The number of aryl methyl sites for hydroxylation is 1. The lowest BCUT2D eigenvalue weighted by Crippen LogP contribution is -2.26. The zero-order chi connectivity index (χ0) is 24.0. The van der Waals surface area contributed by atoms with E-state index >= 15 is 0 Å². The molecule has 1 aliphatic rings. The average molecular weight is 489 g/mol. The smallest absolute Gasteiger partial charge is 0.263 e. The third-order valence-corrected chi connectivity index (χ3v) is 6.36. The molecule has 1 fully saturated rings. The second kappa shape index (κ2) is 8.39. The summed E-state index contributed by atoms with van der Waals surface area (Å²) in [5.41, 5.74) is 1.27. The number of halogens is 4. The number of nitrogens with one attached hydrogen (secondary N) is 2. The standard InChI is InChI=1S/C22H20ClF3N8/c1-11-13(3-4-17(24)30-11)19(16-9-34(33-32-16)22(5-6-22)21(25)26)31-12-7-14-18(15(23)8-12)28-10-29-20(14)27-2/h3-4,7-10,19,21,31H,5-6H2,1-2H3,(H,27,28,29)/t19-/m0/s1. The van der Waals surface area contributed by atoms with Gasteiger partial charge in [0, 0.05) is 29.4 Å². The molecule has 0 amide bonds. The molecule has 1 saturated carbocycles. The van der Waals surface area contributed by atoms with Gasteiger partial charge in [0.25, 0.3) is 6.43 Å². The molecule has 0 radical (unpaired) electrons. The molecule has 34 heavy (non-hydrogen) atoms. The number of rotatable bonds is 7. The van der Waals surface area contributed by atoms with Gasteiger partial charge in [-0.05, 0) is 38.0 Å². The summed E-state index contributed by atoms with van der Waals surface area (Å²) in [5.74, 6) is -0.0341. The largest absolute Gasteiger partial charge is 0.373 e. The van der Waals surface area contributed by atoms with Crippen LogP contribution in [0.5, 0.6) is 0 Å². The average Bonchev–Trinajstić information content (AvgIpc) is 3.48. The van der Waals surface area contributed by atoms with Gasteiger partial charge in [-0.3, -0.25) is 0 Å². The maximum atomic E-state index is 13.7. The lowest BCUT2D eigenvalue weighted by atomic mass is 10.0. The Morgan fingerprint density at radius 2 is 1.97 bits per heavy atom. The Bertz CT molecular complexity index is 1370. The molecule has 3 aromatic heterocycles. The zero-order valence-electron chi connectivity index (χ0n) is 18.2. The number of benzene rings is 1. The molecule has 5 rings (SSSR count). The van der Waals surface area contributed by atoms with Crippen LogP contribution in [0.2, 0.25) is 5.02 Å². The molecule has 3 heterocycles. The SMILES string of the molecule is CNc1ncnc2c(Cl)cc(N[C@H](c3cn(C4(C(F)F)CC4)nn3)c3ccc(F)nc3C)cc12. The fraction of sp³-hybridized carbons (Fsp3) is 0.318. The number of pyridine rings is 1.